The number of carbonyl (C=O) groups excluding carboxylic acids is 1. The zero-order valence-corrected chi connectivity index (χ0v) is 8.22. The Kier molecular flexibility index (Phi) is 2.18. The van der Waals surface area contributed by atoms with Crippen LogP contribution in [0.2, 0.25) is 0 Å². The molecule has 1 aliphatic rings. The average molecular weight is 254 g/mol. The van der Waals surface area contributed by atoms with Gasteiger partial charge in [0, 0.05) is 0 Å². The zero-order valence-electron chi connectivity index (χ0n) is 8.22. The van der Waals surface area contributed by atoms with Gasteiger partial charge < -0.3 is 10.2 Å². The van der Waals surface area contributed by atoms with E-state index in [1.165, 1.54) is 0 Å². The van der Waals surface area contributed by atoms with Gasteiger partial charge in [0.05, 0.1) is 0 Å². The van der Waals surface area contributed by atoms with Crippen molar-refractivity contribution in [3.63, 3.8) is 0 Å². The van der Waals surface area contributed by atoms with E-state index >= 15 is 0 Å². The van der Waals surface area contributed by atoms with Crippen molar-refractivity contribution in [2.24, 2.45) is 9.98 Å². The Bertz CT molecular complexity index is 842. The third-order valence-corrected chi connectivity index (χ3v) is 2.00. The molecule has 0 fully saturated rings. The van der Waals surface area contributed by atoms with E-state index in [9.17, 15) is 24.0 Å². The lowest BCUT2D eigenvalue weighted by atomic mass is 10.5. The molecule has 2 amide bonds. The smallest absolute Gasteiger partial charge is 0.422 e. The van der Waals surface area contributed by atoms with Crippen LogP contribution in [-0.2, 0) is 0 Å². The van der Waals surface area contributed by atoms with E-state index in [2.05, 4.69) is 9.98 Å². The molecule has 18 heavy (non-hydrogen) atoms. The summed E-state index contributed by atoms with van der Waals surface area (Å²) in [4.78, 5) is 61.5. The summed E-state index contributed by atoms with van der Waals surface area (Å²) >= 11 is 0. The van der Waals surface area contributed by atoms with Gasteiger partial charge in [0.15, 0.2) is 10.8 Å². The van der Waals surface area contributed by atoms with Crippen molar-refractivity contribution in [3.8, 4) is 0 Å². The SMILES string of the molecule is O=C1N=c2c(=O)n(C(=O)O)c(=O)n(C(=O)O)c2=N1. The van der Waals surface area contributed by atoms with Crippen LogP contribution in [0.1, 0.15) is 0 Å². The van der Waals surface area contributed by atoms with Gasteiger partial charge in [0.2, 0.25) is 0 Å². The van der Waals surface area contributed by atoms with Crippen LogP contribution in [0.25, 0.3) is 0 Å². The molecular formula is C7H2N4O7. The van der Waals surface area contributed by atoms with Crippen LogP contribution in [-0.4, -0.2) is 37.6 Å². The number of carbonyl (C=O) groups is 3. The maximum absolute atomic E-state index is 11.5. The lowest BCUT2D eigenvalue weighted by molar-refractivity contribution is 0.187. The second kappa shape index (κ2) is 3.44. The number of hydrogen-bond donors (Lipinski definition) is 2. The quantitative estimate of drug-likeness (QED) is 0.514. The van der Waals surface area contributed by atoms with Crippen LogP contribution in [0.15, 0.2) is 19.6 Å². The molecule has 0 unspecified atom stereocenters. The molecule has 0 saturated heterocycles. The third kappa shape index (κ3) is 1.34. The van der Waals surface area contributed by atoms with E-state index < -0.39 is 40.3 Å². The molecule has 1 aromatic heterocycles. The highest BCUT2D eigenvalue weighted by atomic mass is 16.4. The van der Waals surface area contributed by atoms with Gasteiger partial charge in [0.1, 0.15) is 0 Å². The van der Waals surface area contributed by atoms with Gasteiger partial charge in [-0.05, 0) is 0 Å². The zero-order chi connectivity index (χ0) is 13.6. The Balaban J connectivity index is 3.21. The molecule has 11 nitrogen and oxygen atoms in total. The van der Waals surface area contributed by atoms with Crippen LogP contribution in [0.3, 0.4) is 0 Å². The minimum Gasteiger partial charge on any atom is -0.464 e. The highest BCUT2D eigenvalue weighted by Gasteiger charge is 2.24. The van der Waals surface area contributed by atoms with Gasteiger partial charge in [-0.3, -0.25) is 4.79 Å². The maximum Gasteiger partial charge on any atom is 0.422 e. The normalized spacial score (nSPS) is 12.6. The number of amides is 2. The van der Waals surface area contributed by atoms with Crippen LogP contribution in [0.4, 0.5) is 14.4 Å². The predicted molar refractivity (Wildman–Crippen MR) is 49.5 cm³/mol. The minimum absolute atomic E-state index is 0.140. The second-order valence-electron chi connectivity index (χ2n) is 3.00. The summed E-state index contributed by atoms with van der Waals surface area (Å²) in [5, 5.41) is 16.6. The number of nitrogens with zero attached hydrogens (tertiary/aromatic N) is 4. The number of carboxylic acid groups (broad SMARTS) is 2. The fraction of sp³-hybridized carbons (Fsp3) is 0. The summed E-state index contributed by atoms with van der Waals surface area (Å²) in [5.41, 5.74) is -3.87. The van der Waals surface area contributed by atoms with Gasteiger partial charge in [-0.2, -0.15) is 19.1 Å². The van der Waals surface area contributed by atoms with Crippen LogP contribution in [0, 0.1) is 0 Å². The average Bonchev–Trinajstić information content (AvgIpc) is 2.58. The van der Waals surface area contributed by atoms with Crippen molar-refractivity contribution in [3.05, 3.63) is 31.7 Å². The first-order chi connectivity index (χ1) is 8.34. The van der Waals surface area contributed by atoms with Crippen molar-refractivity contribution in [1.82, 2.24) is 9.13 Å². The molecule has 0 bridgehead atoms. The van der Waals surface area contributed by atoms with E-state index in [0.717, 1.165) is 0 Å². The highest BCUT2D eigenvalue weighted by molar-refractivity contribution is 5.78. The molecule has 0 aromatic carbocycles. The van der Waals surface area contributed by atoms with Gasteiger partial charge in [-0.15, -0.1) is 0 Å². The molecule has 2 rings (SSSR count). The van der Waals surface area contributed by atoms with E-state index in [0.29, 0.717) is 0 Å². The largest absolute Gasteiger partial charge is 0.464 e. The number of rotatable bonds is 0. The lowest BCUT2D eigenvalue weighted by Crippen LogP contribution is -2.60. The Labute approximate surface area is 94.6 Å². The summed E-state index contributed by atoms with van der Waals surface area (Å²) in [5.74, 6) is 0. The fourth-order valence-corrected chi connectivity index (χ4v) is 1.34. The fourth-order valence-electron chi connectivity index (χ4n) is 1.34. The molecule has 0 aliphatic carbocycles. The number of aromatic nitrogens is 2. The Morgan fingerprint density at radius 3 is 2.00 bits per heavy atom. The summed E-state index contributed by atoms with van der Waals surface area (Å²) in [6, 6.07) is -1.19. The molecule has 1 aliphatic heterocycles. The monoisotopic (exact) mass is 254 g/mol. The number of fused-ring (bicyclic) bond motifs is 1. The second-order valence-corrected chi connectivity index (χ2v) is 3.00. The lowest BCUT2D eigenvalue weighted by Gasteiger charge is -2.00. The van der Waals surface area contributed by atoms with E-state index in [4.69, 9.17) is 10.2 Å². The minimum atomic E-state index is -1.99. The standard InChI is InChI=1S/C7H2N4O7/c12-3-1-2(9-4(13)8-1)10(6(15)16)5(14)11(3)7(17)18/h(H,15,16)(H,17,18). The molecule has 2 heterocycles. The molecule has 0 spiro atoms. The molecule has 92 valence electrons. The molecule has 0 radical (unpaired) electrons. The first kappa shape index (κ1) is 11.4. The van der Waals surface area contributed by atoms with Gasteiger partial charge >= 0.3 is 23.9 Å². The predicted octanol–water partition coefficient (Wildman–Crippen LogP) is -2.56. The maximum atomic E-state index is 11.5. The molecule has 0 saturated carbocycles. The topological polar surface area (TPSA) is 160 Å². The van der Waals surface area contributed by atoms with Crippen molar-refractivity contribution in [2.45, 2.75) is 0 Å². The van der Waals surface area contributed by atoms with E-state index in [-0.39, 0.29) is 9.13 Å². The Hall–Kier alpha value is -3.11. The highest BCUT2D eigenvalue weighted by Crippen LogP contribution is 1.81. The first-order valence-corrected chi connectivity index (χ1v) is 4.20. The summed E-state index contributed by atoms with van der Waals surface area (Å²) < 4.78 is -0.510. The summed E-state index contributed by atoms with van der Waals surface area (Å²) in [6.45, 7) is 0. The van der Waals surface area contributed by atoms with Crippen molar-refractivity contribution < 1.29 is 24.6 Å². The molecule has 0 atom stereocenters. The van der Waals surface area contributed by atoms with E-state index in [1.807, 2.05) is 0 Å². The van der Waals surface area contributed by atoms with Crippen molar-refractivity contribution in [2.75, 3.05) is 0 Å². The summed E-state index contributed by atoms with van der Waals surface area (Å²) in [7, 11) is 0. The Morgan fingerprint density at radius 2 is 1.50 bits per heavy atom. The first-order valence-electron chi connectivity index (χ1n) is 4.20. The van der Waals surface area contributed by atoms with Crippen LogP contribution in [0.5, 0.6) is 0 Å². The number of urea groups is 1. The summed E-state index contributed by atoms with van der Waals surface area (Å²) in [6.07, 6.45) is -3.88. The van der Waals surface area contributed by atoms with Gasteiger partial charge in [-0.1, -0.05) is 0 Å². The van der Waals surface area contributed by atoms with Crippen molar-refractivity contribution in [1.29, 1.82) is 0 Å². The van der Waals surface area contributed by atoms with Gasteiger partial charge in [0.25, 0.3) is 5.56 Å². The van der Waals surface area contributed by atoms with Crippen molar-refractivity contribution >= 4 is 18.2 Å². The van der Waals surface area contributed by atoms with Crippen LogP contribution >= 0.6 is 0 Å². The molecule has 2 N–H and O–H groups in total. The molecule has 1 aromatic rings. The van der Waals surface area contributed by atoms with E-state index in [1.54, 1.807) is 0 Å². The molecular weight excluding hydrogens is 252 g/mol. The Morgan fingerprint density at radius 1 is 0.944 bits per heavy atom. The molecule has 11 heteroatoms. The van der Waals surface area contributed by atoms with Crippen LogP contribution < -0.4 is 22.1 Å². The van der Waals surface area contributed by atoms with Gasteiger partial charge in [-0.25, -0.2) is 19.2 Å². The number of hydrogen-bond acceptors (Lipinski definition) is 5. The third-order valence-electron chi connectivity index (χ3n) is 2.00.